The van der Waals surface area contributed by atoms with Crippen molar-refractivity contribution in [1.82, 2.24) is 10.2 Å². The molecule has 1 fully saturated rings. The van der Waals surface area contributed by atoms with Crippen LogP contribution in [0.2, 0.25) is 0 Å². The first-order valence-electron chi connectivity index (χ1n) is 8.65. The van der Waals surface area contributed by atoms with Crippen LogP contribution in [0, 0.1) is 11.7 Å². The highest BCUT2D eigenvalue weighted by molar-refractivity contribution is 5.79. The van der Waals surface area contributed by atoms with Gasteiger partial charge in [-0.25, -0.2) is 4.39 Å². The van der Waals surface area contributed by atoms with Crippen molar-refractivity contribution in [1.29, 1.82) is 0 Å². The van der Waals surface area contributed by atoms with E-state index >= 15 is 0 Å². The molecule has 0 atom stereocenters. The third-order valence-electron chi connectivity index (χ3n) is 3.77. The lowest BCUT2D eigenvalue weighted by Gasteiger charge is -2.22. The van der Waals surface area contributed by atoms with E-state index in [-0.39, 0.29) is 11.6 Å². The third-order valence-corrected chi connectivity index (χ3v) is 3.77. The van der Waals surface area contributed by atoms with Gasteiger partial charge < -0.3 is 19.7 Å². The zero-order valence-corrected chi connectivity index (χ0v) is 14.6. The molecule has 1 aliphatic rings. The fourth-order valence-corrected chi connectivity index (χ4v) is 2.18. The Bertz CT molecular complexity index is 521. The fraction of sp³-hybridized carbons (Fsp3) is 0.611. The number of rotatable bonds is 10. The van der Waals surface area contributed by atoms with Gasteiger partial charge in [0, 0.05) is 20.2 Å². The van der Waals surface area contributed by atoms with E-state index in [0.29, 0.717) is 26.3 Å². The Morgan fingerprint density at radius 3 is 2.83 bits per heavy atom. The molecule has 0 aromatic heterocycles. The molecule has 0 radical (unpaired) electrons. The maximum Gasteiger partial charge on any atom is 0.193 e. The lowest BCUT2D eigenvalue weighted by atomic mass is 10.3. The van der Waals surface area contributed by atoms with Crippen LogP contribution in [0.5, 0.6) is 5.75 Å². The van der Waals surface area contributed by atoms with Gasteiger partial charge in [0.1, 0.15) is 6.61 Å². The maximum absolute atomic E-state index is 13.5. The second-order valence-electron chi connectivity index (χ2n) is 5.95. The van der Waals surface area contributed by atoms with E-state index in [1.54, 1.807) is 18.2 Å². The largest absolute Gasteiger partial charge is 0.489 e. The van der Waals surface area contributed by atoms with Gasteiger partial charge in [-0.15, -0.1) is 0 Å². The number of hydrogen-bond donors (Lipinski definition) is 1. The van der Waals surface area contributed by atoms with E-state index in [1.807, 2.05) is 18.9 Å². The van der Waals surface area contributed by atoms with Crippen molar-refractivity contribution in [3.63, 3.8) is 0 Å². The van der Waals surface area contributed by atoms with Gasteiger partial charge in [0.05, 0.1) is 19.7 Å². The molecule has 6 heteroatoms. The minimum atomic E-state index is -0.339. The Kier molecular flexibility index (Phi) is 7.82. The molecule has 0 unspecified atom stereocenters. The normalized spacial score (nSPS) is 14.5. The summed E-state index contributed by atoms with van der Waals surface area (Å²) in [6.07, 6.45) is 2.60. The number of nitrogens with one attached hydrogen (secondary N) is 1. The molecule has 1 aromatic carbocycles. The molecule has 0 aliphatic heterocycles. The zero-order valence-electron chi connectivity index (χ0n) is 14.6. The SMILES string of the molecule is CCNC(=NCCOCC1CC1)N(C)CCOc1ccccc1F. The number of nitrogens with zero attached hydrogens (tertiary/aromatic N) is 2. The first kappa shape index (κ1) is 18.5. The summed E-state index contributed by atoms with van der Waals surface area (Å²) in [6, 6.07) is 6.43. The minimum Gasteiger partial charge on any atom is -0.489 e. The summed E-state index contributed by atoms with van der Waals surface area (Å²) >= 11 is 0. The smallest absolute Gasteiger partial charge is 0.193 e. The number of hydrogen-bond acceptors (Lipinski definition) is 3. The third kappa shape index (κ3) is 6.74. The van der Waals surface area contributed by atoms with Crippen molar-refractivity contribution >= 4 is 5.96 Å². The highest BCUT2D eigenvalue weighted by Gasteiger charge is 2.20. The second-order valence-corrected chi connectivity index (χ2v) is 5.95. The summed E-state index contributed by atoms with van der Waals surface area (Å²) in [5, 5.41) is 3.25. The Labute approximate surface area is 143 Å². The van der Waals surface area contributed by atoms with Crippen LogP contribution in [0.3, 0.4) is 0 Å². The van der Waals surface area contributed by atoms with Crippen molar-refractivity contribution in [3.8, 4) is 5.75 Å². The quantitative estimate of drug-likeness (QED) is 0.405. The van der Waals surface area contributed by atoms with Gasteiger partial charge in [0.25, 0.3) is 0 Å². The van der Waals surface area contributed by atoms with Crippen LogP contribution in [0.1, 0.15) is 19.8 Å². The number of benzene rings is 1. The first-order valence-corrected chi connectivity index (χ1v) is 8.65. The number of ether oxygens (including phenoxy) is 2. The Morgan fingerprint density at radius 1 is 1.33 bits per heavy atom. The lowest BCUT2D eigenvalue weighted by molar-refractivity contribution is 0.131. The van der Waals surface area contributed by atoms with E-state index in [1.165, 1.54) is 18.9 Å². The standard InChI is InChI=1S/C18H28FN3O2/c1-3-20-18(21-10-12-23-14-15-8-9-15)22(2)11-13-24-17-7-5-4-6-16(17)19/h4-7,15H,3,8-14H2,1-2H3,(H,20,21). The van der Waals surface area contributed by atoms with Crippen LogP contribution in [-0.4, -0.2) is 57.4 Å². The number of aliphatic imine (C=N–C) groups is 1. The molecular formula is C18H28FN3O2. The van der Waals surface area contributed by atoms with Crippen LogP contribution in [0.4, 0.5) is 4.39 Å². The van der Waals surface area contributed by atoms with Crippen molar-refractivity contribution in [2.24, 2.45) is 10.9 Å². The molecule has 1 N–H and O–H groups in total. The summed E-state index contributed by atoms with van der Waals surface area (Å²) in [4.78, 5) is 6.53. The molecule has 1 saturated carbocycles. The minimum absolute atomic E-state index is 0.279. The van der Waals surface area contributed by atoms with Crippen LogP contribution >= 0.6 is 0 Å². The highest BCUT2D eigenvalue weighted by atomic mass is 19.1. The number of halogens is 1. The van der Waals surface area contributed by atoms with Crippen molar-refractivity contribution in [2.75, 3.05) is 46.5 Å². The molecule has 0 spiro atoms. The zero-order chi connectivity index (χ0) is 17.2. The average Bonchev–Trinajstić information content (AvgIpc) is 3.39. The molecule has 1 aliphatic carbocycles. The molecule has 24 heavy (non-hydrogen) atoms. The lowest BCUT2D eigenvalue weighted by Crippen LogP contribution is -2.41. The molecule has 2 rings (SSSR count). The van der Waals surface area contributed by atoms with Crippen LogP contribution < -0.4 is 10.1 Å². The molecule has 1 aromatic rings. The van der Waals surface area contributed by atoms with Gasteiger partial charge in [-0.05, 0) is 37.8 Å². The van der Waals surface area contributed by atoms with Gasteiger partial charge in [0.15, 0.2) is 17.5 Å². The predicted octanol–water partition coefficient (Wildman–Crippen LogP) is 2.53. The molecule has 0 heterocycles. The van der Waals surface area contributed by atoms with Crippen molar-refractivity contribution in [3.05, 3.63) is 30.1 Å². The Hall–Kier alpha value is -1.82. The van der Waals surface area contributed by atoms with Gasteiger partial charge in [-0.3, -0.25) is 4.99 Å². The van der Waals surface area contributed by atoms with Crippen LogP contribution in [0.25, 0.3) is 0 Å². The predicted molar refractivity (Wildman–Crippen MR) is 94.0 cm³/mol. The van der Waals surface area contributed by atoms with Crippen molar-refractivity contribution < 1.29 is 13.9 Å². The highest BCUT2D eigenvalue weighted by Crippen LogP contribution is 2.28. The van der Waals surface area contributed by atoms with Crippen LogP contribution in [0.15, 0.2) is 29.3 Å². The number of likely N-dealkylation sites (N-methyl/N-ethyl adjacent to an activating group) is 1. The van der Waals surface area contributed by atoms with E-state index in [0.717, 1.165) is 25.0 Å². The first-order chi connectivity index (χ1) is 11.7. The summed E-state index contributed by atoms with van der Waals surface area (Å²) in [5.41, 5.74) is 0. The monoisotopic (exact) mass is 337 g/mol. The van der Waals surface area contributed by atoms with Crippen molar-refractivity contribution in [2.45, 2.75) is 19.8 Å². The number of guanidine groups is 1. The van der Waals surface area contributed by atoms with E-state index in [2.05, 4.69) is 10.3 Å². The Balaban J connectivity index is 1.70. The van der Waals surface area contributed by atoms with Gasteiger partial charge in [0.2, 0.25) is 0 Å². The molecule has 0 amide bonds. The Morgan fingerprint density at radius 2 is 2.12 bits per heavy atom. The number of para-hydroxylation sites is 1. The average molecular weight is 337 g/mol. The topological polar surface area (TPSA) is 46.1 Å². The van der Waals surface area contributed by atoms with E-state index < -0.39 is 0 Å². The summed E-state index contributed by atoms with van der Waals surface area (Å²) in [6.45, 7) is 5.96. The molecule has 0 saturated heterocycles. The van der Waals surface area contributed by atoms with E-state index in [9.17, 15) is 4.39 Å². The molecule has 0 bridgehead atoms. The summed E-state index contributed by atoms with van der Waals surface area (Å²) < 4.78 is 24.6. The molecular weight excluding hydrogens is 309 g/mol. The summed E-state index contributed by atoms with van der Waals surface area (Å²) in [5.74, 6) is 1.53. The molecule has 134 valence electrons. The molecule has 5 nitrogen and oxygen atoms in total. The van der Waals surface area contributed by atoms with Gasteiger partial charge in [-0.2, -0.15) is 0 Å². The maximum atomic E-state index is 13.5. The van der Waals surface area contributed by atoms with Crippen LogP contribution in [-0.2, 0) is 4.74 Å². The summed E-state index contributed by atoms with van der Waals surface area (Å²) in [7, 11) is 1.94. The van der Waals surface area contributed by atoms with Gasteiger partial charge in [-0.1, -0.05) is 12.1 Å². The fourth-order valence-electron chi connectivity index (χ4n) is 2.18. The second kappa shape index (κ2) is 10.1. The van der Waals surface area contributed by atoms with E-state index in [4.69, 9.17) is 9.47 Å². The van der Waals surface area contributed by atoms with Gasteiger partial charge >= 0.3 is 0 Å².